The molecule has 1 atom stereocenters. The number of hydrogen-bond acceptors (Lipinski definition) is 4. The lowest BCUT2D eigenvalue weighted by Crippen LogP contribution is -2.25. The molecule has 3 aromatic rings. The van der Waals surface area contributed by atoms with Gasteiger partial charge in [-0.3, -0.25) is 14.2 Å². The average Bonchev–Trinajstić information content (AvgIpc) is 3.14. The highest BCUT2D eigenvalue weighted by Crippen LogP contribution is 2.35. The highest BCUT2D eigenvalue weighted by molar-refractivity contribution is 7.18. The summed E-state index contributed by atoms with van der Waals surface area (Å²) in [6.07, 6.45) is 4.60. The Balaban J connectivity index is 1.71. The summed E-state index contributed by atoms with van der Waals surface area (Å²) >= 11 is 1.64. The van der Waals surface area contributed by atoms with Crippen LogP contribution >= 0.6 is 11.3 Å². The molecule has 1 aliphatic rings. The third kappa shape index (κ3) is 3.04. The van der Waals surface area contributed by atoms with Crippen LogP contribution in [0.25, 0.3) is 10.2 Å². The lowest BCUT2D eigenvalue weighted by molar-refractivity contribution is 0.0970. The lowest BCUT2D eigenvalue weighted by Gasteiger charge is -2.17. The molecular weight excluding hydrogens is 370 g/mol. The quantitative estimate of drug-likeness (QED) is 0.611. The summed E-state index contributed by atoms with van der Waals surface area (Å²) in [5.41, 5.74) is 3.80. The van der Waals surface area contributed by atoms with Crippen LogP contribution in [0.2, 0.25) is 0 Å². The molecule has 28 heavy (non-hydrogen) atoms. The van der Waals surface area contributed by atoms with E-state index in [4.69, 9.17) is 0 Å². The van der Waals surface area contributed by atoms with Gasteiger partial charge in [0.15, 0.2) is 5.78 Å². The molecule has 0 N–H and O–H groups in total. The van der Waals surface area contributed by atoms with Crippen molar-refractivity contribution in [1.82, 2.24) is 14.1 Å². The molecule has 0 aliphatic heterocycles. The normalized spacial score (nSPS) is 16.7. The number of carbonyl (C=O) groups is 1. The van der Waals surface area contributed by atoms with E-state index >= 15 is 0 Å². The number of aromatic nitrogens is 3. The molecule has 148 valence electrons. The summed E-state index contributed by atoms with van der Waals surface area (Å²) in [5.74, 6) is 0.613. The fourth-order valence-electron chi connectivity index (χ4n) is 4.57. The molecule has 0 bridgehead atoms. The standard InChI is InChI=1S/C22H27N3O2S/c1-12(2)25-14(4)9-17(15(25)5)18(26)10-24-11-23-21-20(22(24)27)16-7-6-13(3)8-19(16)28-21/h9,11-13H,6-8,10H2,1-5H3/t13-/m1/s1. The molecule has 6 heteroatoms. The van der Waals surface area contributed by atoms with Crippen LogP contribution in [0, 0.1) is 19.8 Å². The van der Waals surface area contributed by atoms with Crippen LogP contribution in [-0.2, 0) is 19.4 Å². The Bertz CT molecular complexity index is 1130. The third-order valence-electron chi connectivity index (χ3n) is 5.90. The Morgan fingerprint density at radius 1 is 1.36 bits per heavy atom. The van der Waals surface area contributed by atoms with Gasteiger partial charge >= 0.3 is 0 Å². The first-order valence-electron chi connectivity index (χ1n) is 9.99. The van der Waals surface area contributed by atoms with Gasteiger partial charge in [-0.05, 0) is 64.5 Å². The van der Waals surface area contributed by atoms with Gasteiger partial charge in [-0.1, -0.05) is 6.92 Å². The fraction of sp³-hybridized carbons (Fsp3) is 0.500. The summed E-state index contributed by atoms with van der Waals surface area (Å²) in [6.45, 7) is 10.5. The van der Waals surface area contributed by atoms with Gasteiger partial charge in [0.1, 0.15) is 4.83 Å². The van der Waals surface area contributed by atoms with Crippen molar-refractivity contribution in [3.05, 3.63) is 50.1 Å². The monoisotopic (exact) mass is 397 g/mol. The Hall–Kier alpha value is -2.21. The molecule has 0 radical (unpaired) electrons. The zero-order valence-electron chi connectivity index (χ0n) is 17.2. The van der Waals surface area contributed by atoms with Crippen molar-refractivity contribution in [2.24, 2.45) is 5.92 Å². The number of thiophene rings is 1. The van der Waals surface area contributed by atoms with Crippen LogP contribution in [0.15, 0.2) is 17.2 Å². The fourth-order valence-corrected chi connectivity index (χ4v) is 5.91. The van der Waals surface area contributed by atoms with Crippen molar-refractivity contribution < 1.29 is 4.79 Å². The molecule has 0 amide bonds. The second kappa shape index (κ2) is 6.99. The molecule has 0 fully saturated rings. The molecule has 5 nitrogen and oxygen atoms in total. The van der Waals surface area contributed by atoms with Crippen LogP contribution in [0.1, 0.15) is 65.4 Å². The van der Waals surface area contributed by atoms with Gasteiger partial charge in [0.05, 0.1) is 18.3 Å². The number of carbonyl (C=O) groups excluding carboxylic acids is 1. The Morgan fingerprint density at radius 2 is 2.11 bits per heavy atom. The zero-order valence-corrected chi connectivity index (χ0v) is 18.0. The Morgan fingerprint density at radius 3 is 2.79 bits per heavy atom. The first-order valence-corrected chi connectivity index (χ1v) is 10.8. The Kier molecular flexibility index (Phi) is 4.78. The number of Topliss-reactive ketones (excluding diaryl/α,β-unsaturated/α-hetero) is 1. The molecule has 0 aromatic carbocycles. The summed E-state index contributed by atoms with van der Waals surface area (Å²) in [6, 6.07) is 2.23. The maximum atomic E-state index is 13.1. The predicted molar refractivity (Wildman–Crippen MR) is 114 cm³/mol. The number of aryl methyl sites for hydroxylation is 2. The number of nitrogens with zero attached hydrogens (tertiary/aromatic N) is 3. The minimum Gasteiger partial charge on any atom is -0.346 e. The summed E-state index contributed by atoms with van der Waals surface area (Å²) < 4.78 is 3.64. The van der Waals surface area contributed by atoms with Gasteiger partial charge in [-0.25, -0.2) is 4.98 Å². The van der Waals surface area contributed by atoms with E-state index in [1.54, 1.807) is 11.3 Å². The van der Waals surface area contributed by atoms with E-state index in [-0.39, 0.29) is 17.9 Å². The first kappa shape index (κ1) is 19.1. The van der Waals surface area contributed by atoms with Crippen molar-refractivity contribution in [1.29, 1.82) is 0 Å². The number of ketones is 1. The molecule has 0 spiro atoms. The predicted octanol–water partition coefficient (Wildman–Crippen LogP) is 4.46. The molecule has 0 saturated heterocycles. The van der Waals surface area contributed by atoms with Crippen molar-refractivity contribution in [3.63, 3.8) is 0 Å². The molecule has 0 saturated carbocycles. The average molecular weight is 398 g/mol. The first-order chi connectivity index (χ1) is 13.3. The van der Waals surface area contributed by atoms with Crippen LogP contribution in [0.5, 0.6) is 0 Å². The van der Waals surface area contributed by atoms with Crippen molar-refractivity contribution >= 4 is 27.3 Å². The largest absolute Gasteiger partial charge is 0.346 e. The van der Waals surface area contributed by atoms with Crippen molar-refractivity contribution in [2.45, 2.75) is 66.5 Å². The van der Waals surface area contributed by atoms with Crippen LogP contribution in [0.4, 0.5) is 0 Å². The SMILES string of the molecule is Cc1cc(C(=O)Cn2cnc3sc4c(c3c2=O)CC[C@@H](C)C4)c(C)n1C(C)C. The van der Waals surface area contributed by atoms with Gasteiger partial charge in [0.25, 0.3) is 5.56 Å². The van der Waals surface area contributed by atoms with Crippen LogP contribution in [0.3, 0.4) is 0 Å². The highest BCUT2D eigenvalue weighted by atomic mass is 32.1. The zero-order chi connectivity index (χ0) is 20.2. The number of fused-ring (bicyclic) bond motifs is 3. The minimum atomic E-state index is -0.0805. The molecule has 0 unspecified atom stereocenters. The maximum absolute atomic E-state index is 13.1. The van der Waals surface area contributed by atoms with Gasteiger partial charge in [0.2, 0.25) is 0 Å². The van der Waals surface area contributed by atoms with Gasteiger partial charge in [0, 0.05) is 27.9 Å². The summed E-state index contributed by atoms with van der Waals surface area (Å²) in [5, 5.41) is 0.731. The smallest absolute Gasteiger partial charge is 0.262 e. The third-order valence-corrected chi connectivity index (χ3v) is 7.06. The van der Waals surface area contributed by atoms with Gasteiger partial charge in [-0.15, -0.1) is 11.3 Å². The maximum Gasteiger partial charge on any atom is 0.262 e. The van der Waals surface area contributed by atoms with E-state index in [9.17, 15) is 9.59 Å². The number of hydrogen-bond donors (Lipinski definition) is 0. The summed E-state index contributed by atoms with van der Waals surface area (Å²) in [7, 11) is 0. The minimum absolute atomic E-state index is 0.0329. The molecule has 3 aromatic heterocycles. The van der Waals surface area contributed by atoms with E-state index < -0.39 is 0 Å². The summed E-state index contributed by atoms with van der Waals surface area (Å²) in [4.78, 5) is 32.8. The molecular formula is C22H27N3O2S. The van der Waals surface area contributed by atoms with E-state index in [1.807, 2.05) is 19.9 Å². The van der Waals surface area contributed by atoms with Crippen molar-refractivity contribution in [3.8, 4) is 0 Å². The number of rotatable bonds is 4. The van der Waals surface area contributed by atoms with Crippen LogP contribution in [-0.4, -0.2) is 19.9 Å². The van der Waals surface area contributed by atoms with E-state index in [0.29, 0.717) is 17.5 Å². The molecule has 3 heterocycles. The second-order valence-corrected chi connectivity index (χ2v) is 9.46. The van der Waals surface area contributed by atoms with Crippen LogP contribution < -0.4 is 5.56 Å². The molecule has 1 aliphatic carbocycles. The van der Waals surface area contributed by atoms with Crippen molar-refractivity contribution in [2.75, 3.05) is 0 Å². The Labute approximate surface area is 169 Å². The second-order valence-electron chi connectivity index (χ2n) is 8.38. The van der Waals surface area contributed by atoms with E-state index in [0.717, 1.165) is 46.4 Å². The topological polar surface area (TPSA) is 56.9 Å². The van der Waals surface area contributed by atoms with Gasteiger partial charge < -0.3 is 4.57 Å². The lowest BCUT2D eigenvalue weighted by atomic mass is 9.89. The molecule has 4 rings (SSSR count). The van der Waals surface area contributed by atoms with Gasteiger partial charge in [-0.2, -0.15) is 0 Å². The van der Waals surface area contributed by atoms with E-state index in [2.05, 4.69) is 30.3 Å². The highest BCUT2D eigenvalue weighted by Gasteiger charge is 2.24. The van der Waals surface area contributed by atoms with E-state index in [1.165, 1.54) is 15.8 Å².